The maximum Gasteiger partial charge on any atom is 2.00 e. The first kappa shape index (κ1) is 16.1. The molecule has 0 saturated heterocycles. The molecule has 0 unspecified atom stereocenters. The maximum absolute atomic E-state index is 10.3. The first-order valence-corrected chi connectivity index (χ1v) is 6.12. The zero-order valence-electron chi connectivity index (χ0n) is 8.33. The van der Waals surface area contributed by atoms with Gasteiger partial charge in [0.1, 0.15) is 0 Å². The Labute approximate surface area is 97.2 Å². The van der Waals surface area contributed by atoms with Crippen molar-refractivity contribution in [1.29, 1.82) is 0 Å². The van der Waals surface area contributed by atoms with Crippen molar-refractivity contribution in [3.05, 3.63) is 0 Å². The van der Waals surface area contributed by atoms with Crippen molar-refractivity contribution in [3.63, 3.8) is 0 Å². The summed E-state index contributed by atoms with van der Waals surface area (Å²) in [7, 11) is -3.72. The van der Waals surface area contributed by atoms with Crippen molar-refractivity contribution >= 4 is 33.2 Å². The van der Waals surface area contributed by atoms with Gasteiger partial charge in [0.15, 0.2) is 0 Å². The summed E-state index contributed by atoms with van der Waals surface area (Å²) in [6.07, 6.45) is 6.14. The van der Waals surface area contributed by atoms with Crippen molar-refractivity contribution in [1.82, 2.24) is 0 Å². The van der Waals surface area contributed by atoms with Crippen molar-refractivity contribution in [2.45, 2.75) is 45.4 Å². The zero-order chi connectivity index (χ0) is 9.45. The van der Waals surface area contributed by atoms with Gasteiger partial charge in [-0.15, -0.1) is 0 Å². The molecule has 0 aromatic rings. The molecule has 0 aliphatic carbocycles. The first-order valence-electron chi connectivity index (χ1n) is 4.51. The molecule has 0 fully saturated rings. The van der Waals surface area contributed by atoms with Crippen LogP contribution in [0.25, 0.3) is 0 Å². The number of unbranched alkanes of at least 4 members (excludes halogenated alkanes) is 5. The summed E-state index contributed by atoms with van der Waals surface area (Å²) >= 11 is 0. The minimum Gasteiger partial charge on any atom is -0.286 e. The monoisotopic (exact) mass is 218 g/mol. The largest absolute Gasteiger partial charge is 2.00 e. The van der Waals surface area contributed by atoms with Crippen LogP contribution >= 0.6 is 0 Å². The van der Waals surface area contributed by atoms with E-state index in [1.54, 1.807) is 0 Å². The Morgan fingerprint density at radius 1 is 1.00 bits per heavy atom. The van der Waals surface area contributed by atoms with Crippen LogP contribution in [0.2, 0.25) is 0 Å². The second-order valence-corrected chi connectivity index (χ2v) is 4.63. The van der Waals surface area contributed by atoms with Crippen molar-refractivity contribution in [2.75, 3.05) is 5.75 Å². The van der Waals surface area contributed by atoms with Gasteiger partial charge in [0.2, 0.25) is 0 Å². The van der Waals surface area contributed by atoms with Gasteiger partial charge in [-0.1, -0.05) is 39.0 Å². The number of hydrogen-bond acceptors (Lipinski definition) is 2. The van der Waals surface area contributed by atoms with Gasteiger partial charge >= 0.3 is 23.1 Å². The van der Waals surface area contributed by atoms with E-state index >= 15 is 0 Å². The third-order valence-electron chi connectivity index (χ3n) is 1.76. The van der Waals surface area contributed by atoms with Crippen LogP contribution in [0.1, 0.15) is 45.4 Å². The van der Waals surface area contributed by atoms with Crippen LogP contribution in [0.3, 0.4) is 0 Å². The molecule has 0 spiro atoms. The molecule has 13 heavy (non-hydrogen) atoms. The average Bonchev–Trinajstić information content (AvgIpc) is 1.94. The third kappa shape index (κ3) is 15.4. The van der Waals surface area contributed by atoms with Crippen LogP contribution in [0.4, 0.5) is 0 Å². The molecule has 0 heterocycles. The number of rotatable bonds is 7. The van der Waals surface area contributed by atoms with E-state index in [1.165, 1.54) is 19.3 Å². The van der Waals surface area contributed by atoms with Crippen molar-refractivity contribution < 1.29 is 13.0 Å². The van der Waals surface area contributed by atoms with E-state index < -0.39 is 10.1 Å². The van der Waals surface area contributed by atoms with Crippen LogP contribution in [0.5, 0.6) is 0 Å². The molecule has 0 amide bonds. The standard InChI is InChI=1S/C8H18O3S.Mg/c1-2-3-4-5-6-7-8-12(9,10)11;/h2-8H2,1H3,(H,9,10,11);/q;+2. The molecule has 0 atom stereocenters. The predicted molar refractivity (Wildman–Crippen MR) is 55.5 cm³/mol. The maximum atomic E-state index is 10.3. The topological polar surface area (TPSA) is 54.4 Å². The molecule has 0 saturated carbocycles. The molecule has 0 aromatic heterocycles. The number of hydrogen-bond donors (Lipinski definition) is 1. The minimum absolute atomic E-state index is 0. The van der Waals surface area contributed by atoms with Crippen LogP contribution in [0, 0.1) is 0 Å². The van der Waals surface area contributed by atoms with Crippen molar-refractivity contribution in [3.8, 4) is 0 Å². The van der Waals surface area contributed by atoms with Crippen molar-refractivity contribution in [2.24, 2.45) is 0 Å². The van der Waals surface area contributed by atoms with E-state index in [1.807, 2.05) is 0 Å². The molecule has 0 aliphatic rings. The van der Waals surface area contributed by atoms with E-state index in [-0.39, 0.29) is 28.8 Å². The van der Waals surface area contributed by atoms with Gasteiger partial charge in [0.05, 0.1) is 5.75 Å². The smallest absolute Gasteiger partial charge is 0.286 e. The molecular weight excluding hydrogens is 200 g/mol. The Hall–Kier alpha value is 0.676. The van der Waals surface area contributed by atoms with E-state index in [0.717, 1.165) is 12.8 Å². The Morgan fingerprint density at radius 3 is 1.92 bits per heavy atom. The van der Waals surface area contributed by atoms with E-state index in [4.69, 9.17) is 4.55 Å². The summed E-state index contributed by atoms with van der Waals surface area (Å²) in [5.41, 5.74) is 0. The SMILES string of the molecule is CCCCCCCCS(=O)(=O)O.[Mg+2]. The zero-order valence-corrected chi connectivity index (χ0v) is 10.6. The Balaban J connectivity index is 0. The van der Waals surface area contributed by atoms with Crippen LogP contribution in [-0.4, -0.2) is 41.8 Å². The van der Waals surface area contributed by atoms with E-state index in [9.17, 15) is 8.42 Å². The van der Waals surface area contributed by atoms with Gasteiger partial charge < -0.3 is 0 Å². The Morgan fingerprint density at radius 2 is 1.46 bits per heavy atom. The van der Waals surface area contributed by atoms with Gasteiger partial charge in [-0.3, -0.25) is 4.55 Å². The molecule has 1 N–H and O–H groups in total. The first-order chi connectivity index (χ1) is 5.56. The second-order valence-electron chi connectivity index (χ2n) is 3.05. The van der Waals surface area contributed by atoms with Gasteiger partial charge in [0, 0.05) is 0 Å². The van der Waals surface area contributed by atoms with Crippen LogP contribution in [-0.2, 0) is 10.1 Å². The summed E-state index contributed by atoms with van der Waals surface area (Å²) in [4.78, 5) is 0. The van der Waals surface area contributed by atoms with Gasteiger partial charge in [-0.05, 0) is 6.42 Å². The normalized spacial score (nSPS) is 10.9. The fourth-order valence-electron chi connectivity index (χ4n) is 1.06. The van der Waals surface area contributed by atoms with Crippen LogP contribution < -0.4 is 0 Å². The van der Waals surface area contributed by atoms with Gasteiger partial charge in [-0.2, -0.15) is 8.42 Å². The summed E-state index contributed by atoms with van der Waals surface area (Å²) in [6.45, 7) is 2.14. The summed E-state index contributed by atoms with van der Waals surface area (Å²) in [5.74, 6) is -0.0842. The Kier molecular flexibility index (Phi) is 11.5. The van der Waals surface area contributed by atoms with Gasteiger partial charge in [-0.25, -0.2) is 0 Å². The molecule has 74 valence electrons. The molecule has 0 bridgehead atoms. The third-order valence-corrected chi connectivity index (χ3v) is 2.56. The fraction of sp³-hybridized carbons (Fsp3) is 1.00. The van der Waals surface area contributed by atoms with Gasteiger partial charge in [0.25, 0.3) is 10.1 Å². The molecule has 0 aromatic carbocycles. The summed E-state index contributed by atoms with van der Waals surface area (Å²) in [6, 6.07) is 0. The molecule has 5 heteroatoms. The quantitative estimate of drug-likeness (QED) is 0.403. The second kappa shape index (κ2) is 9.24. The van der Waals surface area contributed by atoms with E-state index in [2.05, 4.69) is 6.92 Å². The molecule has 0 radical (unpaired) electrons. The molecular formula is C8H18MgO3S+2. The fourth-order valence-corrected chi connectivity index (χ4v) is 1.63. The summed E-state index contributed by atoms with van der Waals surface area (Å²) < 4.78 is 28.9. The molecule has 0 aliphatic heterocycles. The van der Waals surface area contributed by atoms with Crippen LogP contribution in [0.15, 0.2) is 0 Å². The average molecular weight is 219 g/mol. The predicted octanol–water partition coefficient (Wildman–Crippen LogP) is 1.85. The Bertz CT molecular complexity index is 190. The van der Waals surface area contributed by atoms with E-state index in [0.29, 0.717) is 6.42 Å². The minimum atomic E-state index is -3.72. The summed E-state index contributed by atoms with van der Waals surface area (Å²) in [5, 5.41) is 0. The molecule has 0 rings (SSSR count). The molecule has 3 nitrogen and oxygen atoms in total.